The smallest absolute Gasteiger partial charge is 0.231 e. The topological polar surface area (TPSA) is 73.0 Å². The second kappa shape index (κ2) is 8.68. The van der Waals surface area contributed by atoms with E-state index in [0.717, 1.165) is 5.56 Å². The van der Waals surface area contributed by atoms with Crippen LogP contribution in [0.5, 0.6) is 0 Å². The zero-order chi connectivity index (χ0) is 19.2. The fraction of sp³-hybridized carbons (Fsp3) is 0.211. The fourth-order valence-corrected chi connectivity index (χ4v) is 3.28. The number of allylic oxidation sites excluding steroid dienone is 1. The van der Waals surface area contributed by atoms with E-state index in [4.69, 9.17) is 4.42 Å². The zero-order valence-corrected chi connectivity index (χ0v) is 15.6. The van der Waals surface area contributed by atoms with E-state index in [9.17, 15) is 9.18 Å². The molecule has 0 saturated carbocycles. The van der Waals surface area contributed by atoms with E-state index in [1.165, 1.54) is 23.9 Å². The van der Waals surface area contributed by atoms with E-state index in [1.807, 2.05) is 17.6 Å². The monoisotopic (exact) mass is 386 g/mol. The molecule has 0 radical (unpaired) electrons. The van der Waals surface area contributed by atoms with Gasteiger partial charge in [-0.1, -0.05) is 17.8 Å². The van der Waals surface area contributed by atoms with Gasteiger partial charge in [0.15, 0.2) is 11.0 Å². The number of nitrogens with one attached hydrogen (secondary N) is 1. The SMILES string of the molecule is C=CCn1c(SCC(=O)N[C@H](C)c2ccco2)nnc1-c1ccc(F)cc1. The maximum Gasteiger partial charge on any atom is 0.231 e. The Hall–Kier alpha value is -2.87. The predicted molar refractivity (Wildman–Crippen MR) is 102 cm³/mol. The maximum atomic E-state index is 13.2. The first-order chi connectivity index (χ1) is 13.1. The maximum absolute atomic E-state index is 13.2. The molecule has 3 aromatic rings. The van der Waals surface area contributed by atoms with Gasteiger partial charge in [-0.05, 0) is 43.3 Å². The molecule has 1 amide bonds. The molecule has 2 aromatic heterocycles. The number of halogens is 1. The Morgan fingerprint density at radius 2 is 2.15 bits per heavy atom. The van der Waals surface area contributed by atoms with E-state index in [2.05, 4.69) is 22.1 Å². The lowest BCUT2D eigenvalue weighted by atomic mass is 10.2. The van der Waals surface area contributed by atoms with Gasteiger partial charge in [0, 0.05) is 12.1 Å². The summed E-state index contributed by atoms with van der Waals surface area (Å²) in [5.74, 6) is 1.03. The van der Waals surface area contributed by atoms with Crippen LogP contribution in [0.4, 0.5) is 4.39 Å². The molecule has 1 atom stereocenters. The average Bonchev–Trinajstić information content (AvgIpc) is 3.31. The minimum atomic E-state index is -0.314. The Morgan fingerprint density at radius 1 is 1.37 bits per heavy atom. The third-order valence-corrected chi connectivity index (χ3v) is 4.78. The zero-order valence-electron chi connectivity index (χ0n) is 14.8. The van der Waals surface area contributed by atoms with E-state index in [-0.39, 0.29) is 23.5 Å². The molecule has 3 rings (SSSR count). The summed E-state index contributed by atoms with van der Waals surface area (Å²) in [6.07, 6.45) is 3.29. The van der Waals surface area contributed by atoms with Gasteiger partial charge in [-0.15, -0.1) is 16.8 Å². The number of benzene rings is 1. The van der Waals surface area contributed by atoms with Crippen LogP contribution >= 0.6 is 11.8 Å². The standard InChI is InChI=1S/C19H19FN4O2S/c1-3-10-24-18(14-6-8-15(20)9-7-14)22-23-19(24)27-12-17(25)21-13(2)16-5-4-11-26-16/h3-9,11,13H,1,10,12H2,2H3,(H,21,25)/t13-/m1/s1. The highest BCUT2D eigenvalue weighted by atomic mass is 32.2. The lowest BCUT2D eigenvalue weighted by Gasteiger charge is -2.11. The van der Waals surface area contributed by atoms with Crippen LogP contribution < -0.4 is 5.32 Å². The lowest BCUT2D eigenvalue weighted by molar-refractivity contribution is -0.119. The number of hydrogen-bond donors (Lipinski definition) is 1. The van der Waals surface area contributed by atoms with Crippen LogP contribution in [-0.4, -0.2) is 26.4 Å². The van der Waals surface area contributed by atoms with Crippen molar-refractivity contribution in [3.05, 3.63) is 66.9 Å². The Morgan fingerprint density at radius 3 is 2.81 bits per heavy atom. The summed E-state index contributed by atoms with van der Waals surface area (Å²) in [6.45, 7) is 6.09. The summed E-state index contributed by atoms with van der Waals surface area (Å²) in [5, 5.41) is 11.8. The van der Waals surface area contributed by atoms with Crippen molar-refractivity contribution in [1.29, 1.82) is 0 Å². The average molecular weight is 386 g/mol. The number of nitrogens with zero attached hydrogens (tertiary/aromatic N) is 3. The number of aromatic nitrogens is 3. The molecule has 8 heteroatoms. The Kier molecular flexibility index (Phi) is 6.08. The van der Waals surface area contributed by atoms with Crippen molar-refractivity contribution in [1.82, 2.24) is 20.1 Å². The molecular weight excluding hydrogens is 367 g/mol. The van der Waals surface area contributed by atoms with E-state index < -0.39 is 0 Å². The number of hydrogen-bond acceptors (Lipinski definition) is 5. The van der Waals surface area contributed by atoms with Crippen LogP contribution in [0.2, 0.25) is 0 Å². The van der Waals surface area contributed by atoms with Crippen molar-refractivity contribution < 1.29 is 13.6 Å². The first-order valence-electron chi connectivity index (χ1n) is 8.34. The van der Waals surface area contributed by atoms with Crippen molar-refractivity contribution in [3.8, 4) is 11.4 Å². The number of thioether (sulfide) groups is 1. The first-order valence-corrected chi connectivity index (χ1v) is 9.32. The number of carbonyl (C=O) groups is 1. The third kappa shape index (κ3) is 4.65. The summed E-state index contributed by atoms with van der Waals surface area (Å²) in [6, 6.07) is 9.41. The molecule has 0 aliphatic heterocycles. The van der Waals surface area contributed by atoms with Gasteiger partial charge >= 0.3 is 0 Å². The molecule has 27 heavy (non-hydrogen) atoms. The van der Waals surface area contributed by atoms with Crippen LogP contribution in [0.15, 0.2) is 64.9 Å². The molecule has 0 bridgehead atoms. The molecule has 1 N–H and O–H groups in total. The van der Waals surface area contributed by atoms with E-state index >= 15 is 0 Å². The molecule has 0 aliphatic rings. The highest BCUT2D eigenvalue weighted by Crippen LogP contribution is 2.24. The Bertz CT molecular complexity index is 906. The minimum Gasteiger partial charge on any atom is -0.467 e. The van der Waals surface area contributed by atoms with Gasteiger partial charge in [-0.2, -0.15) is 0 Å². The third-order valence-electron chi connectivity index (χ3n) is 3.81. The van der Waals surface area contributed by atoms with Crippen LogP contribution in [0.1, 0.15) is 18.7 Å². The molecule has 2 heterocycles. The second-order valence-electron chi connectivity index (χ2n) is 5.81. The molecule has 0 unspecified atom stereocenters. The van der Waals surface area contributed by atoms with Gasteiger partial charge in [-0.25, -0.2) is 4.39 Å². The molecule has 140 valence electrons. The number of carbonyl (C=O) groups excluding carboxylic acids is 1. The van der Waals surface area contributed by atoms with Gasteiger partial charge in [0.2, 0.25) is 5.91 Å². The summed E-state index contributed by atoms with van der Waals surface area (Å²) in [7, 11) is 0. The molecule has 6 nitrogen and oxygen atoms in total. The van der Waals surface area contributed by atoms with Crippen molar-refractivity contribution >= 4 is 17.7 Å². The molecule has 1 aromatic carbocycles. The van der Waals surface area contributed by atoms with Gasteiger partial charge in [-0.3, -0.25) is 9.36 Å². The van der Waals surface area contributed by atoms with Crippen LogP contribution in [-0.2, 0) is 11.3 Å². The summed E-state index contributed by atoms with van der Waals surface area (Å²) in [4.78, 5) is 12.2. The Balaban J connectivity index is 1.68. The predicted octanol–water partition coefficient (Wildman–Crippen LogP) is 3.83. The van der Waals surface area contributed by atoms with Crippen LogP contribution in [0.25, 0.3) is 11.4 Å². The second-order valence-corrected chi connectivity index (χ2v) is 6.75. The van der Waals surface area contributed by atoms with E-state index in [0.29, 0.717) is 23.3 Å². The quantitative estimate of drug-likeness (QED) is 0.470. The normalized spacial score (nSPS) is 11.9. The van der Waals surface area contributed by atoms with Crippen molar-refractivity contribution in [2.75, 3.05) is 5.75 Å². The lowest BCUT2D eigenvalue weighted by Crippen LogP contribution is -2.28. The minimum absolute atomic E-state index is 0.139. The first kappa shape index (κ1) is 18.9. The van der Waals surface area contributed by atoms with Gasteiger partial charge in [0.25, 0.3) is 0 Å². The van der Waals surface area contributed by atoms with Crippen molar-refractivity contribution in [3.63, 3.8) is 0 Å². The molecular formula is C19H19FN4O2S. The molecule has 0 saturated heterocycles. The van der Waals surface area contributed by atoms with Crippen molar-refractivity contribution in [2.24, 2.45) is 0 Å². The highest BCUT2D eigenvalue weighted by Gasteiger charge is 2.16. The number of furan rings is 1. The summed E-state index contributed by atoms with van der Waals surface area (Å²) in [5.41, 5.74) is 0.744. The van der Waals surface area contributed by atoms with Gasteiger partial charge in [0.05, 0.1) is 18.1 Å². The fourth-order valence-electron chi connectivity index (χ4n) is 2.52. The van der Waals surface area contributed by atoms with Crippen LogP contribution in [0, 0.1) is 5.82 Å². The highest BCUT2D eigenvalue weighted by molar-refractivity contribution is 7.99. The van der Waals surface area contributed by atoms with Gasteiger partial charge < -0.3 is 9.73 Å². The Labute approximate surface area is 160 Å². The van der Waals surface area contributed by atoms with Crippen molar-refractivity contribution in [2.45, 2.75) is 24.7 Å². The van der Waals surface area contributed by atoms with Gasteiger partial charge in [0.1, 0.15) is 11.6 Å². The summed E-state index contributed by atoms with van der Waals surface area (Å²) < 4.78 is 20.3. The largest absolute Gasteiger partial charge is 0.467 e. The molecule has 0 fully saturated rings. The number of rotatable bonds is 8. The van der Waals surface area contributed by atoms with Crippen LogP contribution in [0.3, 0.4) is 0 Å². The number of amides is 1. The van der Waals surface area contributed by atoms with E-state index in [1.54, 1.807) is 30.5 Å². The molecule has 0 aliphatic carbocycles. The summed E-state index contributed by atoms with van der Waals surface area (Å²) >= 11 is 1.28. The molecule has 0 spiro atoms.